The third-order valence-electron chi connectivity index (χ3n) is 1.24. The Bertz CT molecular complexity index is 124. The lowest BCUT2D eigenvalue weighted by Gasteiger charge is -2.15. The van der Waals surface area contributed by atoms with E-state index in [1.807, 2.05) is 18.0 Å². The summed E-state index contributed by atoms with van der Waals surface area (Å²) in [7, 11) is 1.96. The maximum atomic E-state index is 5.71. The van der Waals surface area contributed by atoms with Crippen LogP contribution < -0.4 is 0 Å². The van der Waals surface area contributed by atoms with Crippen LogP contribution in [0.25, 0.3) is 0 Å². The second-order valence-corrected chi connectivity index (χ2v) is 3.25. The number of hydrogen-bond acceptors (Lipinski definition) is 1. The van der Waals surface area contributed by atoms with E-state index in [1.54, 1.807) is 0 Å². The Morgan fingerprint density at radius 3 is 2.75 bits per heavy atom. The summed E-state index contributed by atoms with van der Waals surface area (Å²) in [6, 6.07) is 0. The van der Waals surface area contributed by atoms with E-state index in [0.29, 0.717) is 4.95 Å². The quantitative estimate of drug-likeness (QED) is 0.424. The molecule has 1 nitrogen and oxygen atoms in total. The van der Waals surface area contributed by atoms with E-state index in [-0.39, 0.29) is 0 Å². The molecule has 0 aliphatic carbocycles. The lowest BCUT2D eigenvalue weighted by molar-refractivity contribution is 0.456. The molecule has 1 rings (SSSR count). The molecule has 0 fully saturated rings. The number of alkyl halides is 1. The van der Waals surface area contributed by atoms with E-state index in [2.05, 4.69) is 15.9 Å². The van der Waals surface area contributed by atoms with E-state index in [4.69, 9.17) is 11.6 Å². The van der Waals surface area contributed by atoms with E-state index in [0.717, 1.165) is 11.6 Å². The number of rotatable bonds is 0. The first kappa shape index (κ1) is 6.43. The first-order valence-electron chi connectivity index (χ1n) is 2.44. The van der Waals surface area contributed by atoms with Gasteiger partial charge in [0.1, 0.15) is 5.16 Å². The Hall–Kier alpha value is 0.310. The molecular formula is C5H7BrClN. The van der Waals surface area contributed by atoms with Crippen molar-refractivity contribution in [3.63, 3.8) is 0 Å². The van der Waals surface area contributed by atoms with Gasteiger partial charge in [0.05, 0.1) is 4.95 Å². The van der Waals surface area contributed by atoms with Crippen LogP contribution >= 0.6 is 27.5 Å². The smallest absolute Gasteiger partial charge is 0.101 e. The molecule has 0 N–H and O–H groups in total. The maximum absolute atomic E-state index is 5.71. The number of hydrogen-bond donors (Lipinski definition) is 0. The molecule has 0 bridgehead atoms. The molecule has 1 heterocycles. The fraction of sp³-hybridized carbons (Fsp3) is 0.600. The van der Waals surface area contributed by atoms with Crippen molar-refractivity contribution in [2.75, 3.05) is 7.05 Å². The third-order valence-corrected chi connectivity index (χ3v) is 2.65. The molecule has 0 radical (unpaired) electrons. The minimum Gasteiger partial charge on any atom is -0.353 e. The van der Waals surface area contributed by atoms with Crippen molar-refractivity contribution in [3.05, 3.63) is 11.2 Å². The molecule has 1 aliphatic heterocycles. The van der Waals surface area contributed by atoms with Crippen molar-refractivity contribution < 1.29 is 0 Å². The van der Waals surface area contributed by atoms with Crippen LogP contribution in [0.15, 0.2) is 11.2 Å². The van der Waals surface area contributed by atoms with Crippen LogP contribution in [0.5, 0.6) is 0 Å². The summed E-state index contributed by atoms with van der Waals surface area (Å²) in [6.45, 7) is 0. The molecule has 0 saturated carbocycles. The summed E-state index contributed by atoms with van der Waals surface area (Å²) < 4.78 is 0. The lowest BCUT2D eigenvalue weighted by Crippen LogP contribution is -2.17. The molecule has 1 aliphatic rings. The summed E-state index contributed by atoms with van der Waals surface area (Å²) >= 11 is 9.15. The molecule has 0 aromatic rings. The molecule has 0 amide bonds. The molecule has 0 saturated heterocycles. The predicted molar refractivity (Wildman–Crippen MR) is 39.0 cm³/mol. The Kier molecular flexibility index (Phi) is 1.83. The van der Waals surface area contributed by atoms with Gasteiger partial charge in [-0.05, 0) is 12.5 Å². The van der Waals surface area contributed by atoms with Crippen LogP contribution in [0, 0.1) is 0 Å². The van der Waals surface area contributed by atoms with Gasteiger partial charge in [-0.15, -0.1) is 0 Å². The molecule has 1 unspecified atom stereocenters. The predicted octanol–water partition coefficient (Wildman–Crippen LogP) is 2.12. The van der Waals surface area contributed by atoms with Gasteiger partial charge in [0.2, 0.25) is 0 Å². The lowest BCUT2D eigenvalue weighted by atomic mass is 10.5. The fourth-order valence-corrected chi connectivity index (χ4v) is 1.36. The van der Waals surface area contributed by atoms with Crippen LogP contribution in [-0.4, -0.2) is 16.9 Å². The van der Waals surface area contributed by atoms with E-state index in [9.17, 15) is 0 Å². The van der Waals surface area contributed by atoms with Gasteiger partial charge in [-0.2, -0.15) is 0 Å². The van der Waals surface area contributed by atoms with Gasteiger partial charge in [-0.25, -0.2) is 0 Å². The highest BCUT2D eigenvalue weighted by molar-refractivity contribution is 9.09. The van der Waals surface area contributed by atoms with Crippen molar-refractivity contribution in [1.82, 2.24) is 4.90 Å². The minimum atomic E-state index is 0.412. The highest BCUT2D eigenvalue weighted by Gasteiger charge is 2.16. The zero-order chi connectivity index (χ0) is 6.15. The van der Waals surface area contributed by atoms with Gasteiger partial charge >= 0.3 is 0 Å². The second-order valence-electron chi connectivity index (χ2n) is 1.81. The zero-order valence-electron chi connectivity index (χ0n) is 4.56. The highest BCUT2D eigenvalue weighted by Crippen LogP contribution is 2.25. The van der Waals surface area contributed by atoms with Gasteiger partial charge < -0.3 is 4.90 Å². The number of nitrogens with zero attached hydrogens (tertiary/aromatic N) is 1. The molecule has 0 spiro atoms. The standard InChI is InChI=1S/C5H7BrClN/c1-8-4(6)2-3-5(8)7/h3-4H,2H2,1H3. The monoisotopic (exact) mass is 195 g/mol. The minimum absolute atomic E-state index is 0.412. The summed E-state index contributed by atoms with van der Waals surface area (Å²) in [5, 5.41) is 0.840. The Morgan fingerprint density at radius 1 is 2.00 bits per heavy atom. The highest BCUT2D eigenvalue weighted by atomic mass is 79.9. The van der Waals surface area contributed by atoms with E-state index >= 15 is 0 Å². The van der Waals surface area contributed by atoms with Crippen molar-refractivity contribution in [3.8, 4) is 0 Å². The van der Waals surface area contributed by atoms with Crippen molar-refractivity contribution in [2.45, 2.75) is 11.4 Å². The normalized spacial score (nSPS) is 28.6. The van der Waals surface area contributed by atoms with Crippen LogP contribution in [0.3, 0.4) is 0 Å². The summed E-state index contributed by atoms with van der Waals surface area (Å²) in [5.41, 5.74) is 0. The van der Waals surface area contributed by atoms with E-state index in [1.165, 1.54) is 0 Å². The topological polar surface area (TPSA) is 3.24 Å². The Labute approximate surface area is 62.4 Å². The molecule has 46 valence electrons. The Balaban J connectivity index is 2.59. The molecule has 8 heavy (non-hydrogen) atoms. The van der Waals surface area contributed by atoms with Gasteiger partial charge in [-0.3, -0.25) is 0 Å². The van der Waals surface area contributed by atoms with Gasteiger partial charge in [0.15, 0.2) is 0 Å². The van der Waals surface area contributed by atoms with Gasteiger partial charge in [0.25, 0.3) is 0 Å². The second kappa shape index (κ2) is 2.28. The fourth-order valence-electron chi connectivity index (χ4n) is 0.630. The molecule has 1 atom stereocenters. The molecule has 3 heteroatoms. The van der Waals surface area contributed by atoms with Crippen molar-refractivity contribution in [1.29, 1.82) is 0 Å². The summed E-state index contributed by atoms with van der Waals surface area (Å²) in [6.07, 6.45) is 3.01. The van der Waals surface area contributed by atoms with Gasteiger partial charge in [0, 0.05) is 7.05 Å². The van der Waals surface area contributed by atoms with Gasteiger partial charge in [-0.1, -0.05) is 27.5 Å². The first-order valence-corrected chi connectivity index (χ1v) is 3.74. The van der Waals surface area contributed by atoms with Crippen LogP contribution in [0.4, 0.5) is 0 Å². The Morgan fingerprint density at radius 2 is 2.62 bits per heavy atom. The average molecular weight is 196 g/mol. The van der Waals surface area contributed by atoms with Crippen LogP contribution in [0.1, 0.15) is 6.42 Å². The third kappa shape index (κ3) is 1.00. The average Bonchev–Trinajstić information content (AvgIpc) is 1.98. The van der Waals surface area contributed by atoms with Crippen LogP contribution in [0.2, 0.25) is 0 Å². The maximum Gasteiger partial charge on any atom is 0.101 e. The van der Waals surface area contributed by atoms with Crippen LogP contribution in [-0.2, 0) is 0 Å². The first-order chi connectivity index (χ1) is 3.72. The SMILES string of the molecule is CN1C(Cl)=CCC1Br. The molecule has 0 aromatic heterocycles. The summed E-state index contributed by atoms with van der Waals surface area (Å²) in [4.78, 5) is 2.40. The molecular weight excluding hydrogens is 189 g/mol. The van der Waals surface area contributed by atoms with Crippen molar-refractivity contribution >= 4 is 27.5 Å². The van der Waals surface area contributed by atoms with Crippen molar-refractivity contribution in [2.24, 2.45) is 0 Å². The zero-order valence-corrected chi connectivity index (χ0v) is 6.91. The largest absolute Gasteiger partial charge is 0.353 e. The van der Waals surface area contributed by atoms with E-state index < -0.39 is 0 Å². The molecule has 0 aromatic carbocycles. The summed E-state index contributed by atoms with van der Waals surface area (Å²) in [5.74, 6) is 0. The number of halogens is 2.